The number of nitrogen functional groups attached to an aromatic ring is 1. The molecule has 17 heavy (non-hydrogen) atoms. The molecule has 2 rings (SSSR count). The topological polar surface area (TPSA) is 67.3 Å². The number of halogens is 2. The zero-order chi connectivity index (χ0) is 12.6. The highest BCUT2D eigenvalue weighted by Gasteiger charge is 2.38. The molecular weight excluding hydrogens is 230 g/mol. The summed E-state index contributed by atoms with van der Waals surface area (Å²) in [6, 6.07) is 0. The van der Waals surface area contributed by atoms with Crippen LogP contribution in [0.4, 0.5) is 20.3 Å². The fraction of sp³-hybridized carbons (Fsp3) is 0.700. The number of rotatable bonds is 1. The largest absolute Gasteiger partial charge is 0.394 e. The van der Waals surface area contributed by atoms with Crippen molar-refractivity contribution in [2.75, 3.05) is 23.7 Å². The minimum absolute atomic E-state index is 0.306. The second kappa shape index (κ2) is 4.14. The maximum atomic E-state index is 13.5. The van der Waals surface area contributed by atoms with Gasteiger partial charge in [-0.25, -0.2) is 8.78 Å². The van der Waals surface area contributed by atoms with Gasteiger partial charge in [0.15, 0.2) is 0 Å². The first kappa shape index (κ1) is 12.1. The number of aliphatic hydroxyl groups excluding tert-OH is 1. The van der Waals surface area contributed by atoms with E-state index >= 15 is 0 Å². The van der Waals surface area contributed by atoms with Gasteiger partial charge in [0, 0.05) is 20.0 Å². The quantitative estimate of drug-likeness (QED) is 0.761. The molecule has 1 saturated heterocycles. The van der Waals surface area contributed by atoms with Crippen molar-refractivity contribution in [1.82, 2.24) is 9.78 Å². The van der Waals surface area contributed by atoms with Crippen molar-refractivity contribution < 1.29 is 13.9 Å². The van der Waals surface area contributed by atoms with Gasteiger partial charge in [-0.2, -0.15) is 5.10 Å². The van der Waals surface area contributed by atoms with Crippen LogP contribution in [0.2, 0.25) is 0 Å². The van der Waals surface area contributed by atoms with Crippen molar-refractivity contribution in [1.29, 1.82) is 0 Å². The molecule has 1 aliphatic rings. The zero-order valence-electron chi connectivity index (χ0n) is 9.61. The molecule has 0 aliphatic carbocycles. The average molecular weight is 246 g/mol. The molecular formula is C10H16F2N4O. The van der Waals surface area contributed by atoms with Crippen molar-refractivity contribution in [3.8, 4) is 0 Å². The summed E-state index contributed by atoms with van der Waals surface area (Å²) in [6.45, 7) is -0.0890. The molecule has 1 unspecified atom stereocenters. The Morgan fingerprint density at radius 3 is 2.88 bits per heavy atom. The van der Waals surface area contributed by atoms with Crippen LogP contribution in [-0.2, 0) is 7.05 Å². The van der Waals surface area contributed by atoms with E-state index in [1.54, 1.807) is 7.05 Å². The van der Waals surface area contributed by atoms with E-state index in [1.165, 1.54) is 15.8 Å². The summed E-state index contributed by atoms with van der Waals surface area (Å²) in [5, 5.41) is 13.3. The highest BCUT2D eigenvalue weighted by Crippen LogP contribution is 2.31. The van der Waals surface area contributed by atoms with Gasteiger partial charge in [-0.3, -0.25) is 4.68 Å². The van der Waals surface area contributed by atoms with Crippen LogP contribution < -0.4 is 10.6 Å². The molecule has 1 atom stereocenters. The van der Waals surface area contributed by atoms with E-state index in [1.807, 2.05) is 0 Å². The second-order valence-electron chi connectivity index (χ2n) is 4.47. The molecule has 3 N–H and O–H groups in total. The lowest BCUT2D eigenvalue weighted by atomic mass is 10.1. The number of hydrogen-bond acceptors (Lipinski definition) is 4. The second-order valence-corrected chi connectivity index (χ2v) is 4.47. The minimum atomic E-state index is -2.91. The van der Waals surface area contributed by atoms with Crippen LogP contribution in [0.5, 0.6) is 0 Å². The van der Waals surface area contributed by atoms with E-state index in [0.717, 1.165) is 0 Å². The van der Waals surface area contributed by atoms with Crippen molar-refractivity contribution in [3.63, 3.8) is 0 Å². The summed E-state index contributed by atoms with van der Waals surface area (Å²) < 4.78 is 28.6. The Morgan fingerprint density at radius 1 is 1.59 bits per heavy atom. The van der Waals surface area contributed by atoms with E-state index in [4.69, 9.17) is 5.73 Å². The van der Waals surface area contributed by atoms with Crippen molar-refractivity contribution in [3.05, 3.63) is 6.20 Å². The van der Waals surface area contributed by atoms with Gasteiger partial charge in [0.05, 0.1) is 24.5 Å². The summed E-state index contributed by atoms with van der Waals surface area (Å²) in [4.78, 5) is 1.48. The number of hydrogen-bond donors (Lipinski definition) is 2. The summed E-state index contributed by atoms with van der Waals surface area (Å²) in [5.74, 6) is -2.43. The van der Waals surface area contributed by atoms with Crippen molar-refractivity contribution >= 4 is 11.5 Å². The Balaban J connectivity index is 2.27. The number of aromatic nitrogens is 2. The molecule has 2 heterocycles. The fourth-order valence-electron chi connectivity index (χ4n) is 2.19. The predicted molar refractivity (Wildman–Crippen MR) is 60.0 cm³/mol. The smallest absolute Gasteiger partial charge is 0.267 e. The van der Waals surface area contributed by atoms with Crippen molar-refractivity contribution in [2.24, 2.45) is 7.05 Å². The van der Waals surface area contributed by atoms with E-state index in [9.17, 15) is 13.9 Å². The first-order valence-electron chi connectivity index (χ1n) is 5.47. The molecule has 0 spiro atoms. The van der Waals surface area contributed by atoms with E-state index < -0.39 is 25.0 Å². The first-order chi connectivity index (χ1) is 7.89. The lowest BCUT2D eigenvalue weighted by Gasteiger charge is -2.26. The van der Waals surface area contributed by atoms with Crippen LogP contribution in [0.15, 0.2) is 6.20 Å². The van der Waals surface area contributed by atoms with Crippen LogP contribution >= 0.6 is 0 Å². The number of aryl methyl sites for hydroxylation is 1. The zero-order valence-corrected chi connectivity index (χ0v) is 9.61. The van der Waals surface area contributed by atoms with E-state index in [0.29, 0.717) is 24.5 Å². The highest BCUT2D eigenvalue weighted by atomic mass is 19.3. The first-order valence-corrected chi connectivity index (χ1v) is 5.47. The third-order valence-electron chi connectivity index (χ3n) is 2.92. The fourth-order valence-corrected chi connectivity index (χ4v) is 2.19. The SMILES string of the molecule is Cn1ncc(N)c1N1CCC(O)CC(F)(F)C1. The lowest BCUT2D eigenvalue weighted by Crippen LogP contribution is -2.36. The Morgan fingerprint density at radius 2 is 2.29 bits per heavy atom. The van der Waals surface area contributed by atoms with Crippen LogP contribution in [0.3, 0.4) is 0 Å². The summed E-state index contributed by atoms with van der Waals surface area (Å²) in [5.41, 5.74) is 6.09. The molecule has 0 saturated carbocycles. The van der Waals surface area contributed by atoms with Gasteiger partial charge in [-0.05, 0) is 6.42 Å². The summed E-state index contributed by atoms with van der Waals surface area (Å²) in [6.07, 6.45) is 0.278. The van der Waals surface area contributed by atoms with Crippen LogP contribution in [0.25, 0.3) is 0 Å². The van der Waals surface area contributed by atoms with Gasteiger partial charge in [-0.15, -0.1) is 0 Å². The third-order valence-corrected chi connectivity index (χ3v) is 2.92. The van der Waals surface area contributed by atoms with Crippen LogP contribution in [0.1, 0.15) is 12.8 Å². The van der Waals surface area contributed by atoms with Crippen LogP contribution in [0, 0.1) is 0 Å². The number of alkyl halides is 2. The van der Waals surface area contributed by atoms with Gasteiger partial charge in [0.2, 0.25) is 0 Å². The van der Waals surface area contributed by atoms with Crippen LogP contribution in [-0.4, -0.2) is 40.0 Å². The van der Waals surface area contributed by atoms with Crippen molar-refractivity contribution in [2.45, 2.75) is 24.9 Å². The molecule has 0 radical (unpaired) electrons. The van der Waals surface area contributed by atoms with E-state index in [-0.39, 0.29) is 0 Å². The number of nitrogens with zero attached hydrogens (tertiary/aromatic N) is 3. The third kappa shape index (κ3) is 2.49. The number of nitrogens with two attached hydrogens (primary N) is 1. The Labute approximate surface area is 97.8 Å². The summed E-state index contributed by atoms with van der Waals surface area (Å²) in [7, 11) is 1.66. The molecule has 7 heteroatoms. The molecule has 0 amide bonds. The number of anilines is 2. The molecule has 5 nitrogen and oxygen atoms in total. The molecule has 0 bridgehead atoms. The average Bonchev–Trinajstić information content (AvgIpc) is 2.45. The molecule has 1 aromatic rings. The maximum absolute atomic E-state index is 13.5. The van der Waals surface area contributed by atoms with Gasteiger partial charge < -0.3 is 15.7 Å². The molecule has 0 aromatic carbocycles. The predicted octanol–water partition coefficient (Wildman–Crippen LogP) is 0.599. The molecule has 1 aromatic heterocycles. The molecule has 1 aliphatic heterocycles. The lowest BCUT2D eigenvalue weighted by molar-refractivity contribution is -0.0293. The van der Waals surface area contributed by atoms with Gasteiger partial charge in [-0.1, -0.05) is 0 Å². The Bertz CT molecular complexity index is 388. The standard InChI is InChI=1S/C10H16F2N4O/c1-15-9(8(13)5-14-15)16-3-2-7(17)4-10(11,12)6-16/h5,7,17H,2-4,6,13H2,1H3. The highest BCUT2D eigenvalue weighted by molar-refractivity contribution is 5.62. The molecule has 96 valence electrons. The Kier molecular flexibility index (Phi) is 2.94. The minimum Gasteiger partial charge on any atom is -0.394 e. The van der Waals surface area contributed by atoms with Gasteiger partial charge >= 0.3 is 0 Å². The van der Waals surface area contributed by atoms with Gasteiger partial charge in [0.1, 0.15) is 5.82 Å². The number of aliphatic hydroxyl groups is 1. The summed E-state index contributed by atoms with van der Waals surface area (Å²) >= 11 is 0. The van der Waals surface area contributed by atoms with Gasteiger partial charge in [0.25, 0.3) is 5.92 Å². The maximum Gasteiger partial charge on any atom is 0.267 e. The van der Waals surface area contributed by atoms with E-state index in [2.05, 4.69) is 5.10 Å². The monoisotopic (exact) mass is 246 g/mol. The normalized spacial score (nSPS) is 24.7. The molecule has 1 fully saturated rings. The Hall–Kier alpha value is -1.37.